The number of rotatable bonds is 0. The quantitative estimate of drug-likeness (QED) is 0.557. The van der Waals surface area contributed by atoms with Gasteiger partial charge >= 0.3 is 0 Å². The minimum Gasteiger partial charge on any atom is -0.319 e. The van der Waals surface area contributed by atoms with Crippen molar-refractivity contribution in [1.29, 1.82) is 0 Å². The van der Waals surface area contributed by atoms with Gasteiger partial charge in [0.05, 0.1) is 29.2 Å². The van der Waals surface area contributed by atoms with Gasteiger partial charge in [-0.3, -0.25) is 0 Å². The van der Waals surface area contributed by atoms with E-state index in [-0.39, 0.29) is 6.04 Å². The van der Waals surface area contributed by atoms with Crippen LogP contribution in [0.3, 0.4) is 0 Å². The van der Waals surface area contributed by atoms with Crippen molar-refractivity contribution in [3.05, 3.63) is 23.5 Å². The highest BCUT2D eigenvalue weighted by Crippen LogP contribution is 2.19. The Labute approximate surface area is 62.9 Å². The van der Waals surface area contributed by atoms with Gasteiger partial charge in [0, 0.05) is 6.42 Å². The molecule has 1 aliphatic rings. The SMILES string of the molecule is NC1C=CCc2nsnc21. The lowest BCUT2D eigenvalue weighted by atomic mass is 10.1. The van der Waals surface area contributed by atoms with Crippen LogP contribution in [0.15, 0.2) is 12.2 Å². The lowest BCUT2D eigenvalue weighted by molar-refractivity contribution is 0.830. The Morgan fingerprint density at radius 2 is 2.50 bits per heavy atom. The van der Waals surface area contributed by atoms with E-state index in [9.17, 15) is 0 Å². The van der Waals surface area contributed by atoms with E-state index in [1.807, 2.05) is 12.2 Å². The summed E-state index contributed by atoms with van der Waals surface area (Å²) in [5, 5.41) is 0. The van der Waals surface area contributed by atoms with Crippen LogP contribution in [0.5, 0.6) is 0 Å². The summed E-state index contributed by atoms with van der Waals surface area (Å²) in [4.78, 5) is 0. The fraction of sp³-hybridized carbons (Fsp3) is 0.333. The average Bonchev–Trinajstić information content (AvgIpc) is 2.36. The number of hydrogen-bond donors (Lipinski definition) is 1. The predicted octanol–water partition coefficient (Wildman–Crippen LogP) is 0.650. The normalized spacial score (nSPS) is 22.7. The summed E-state index contributed by atoms with van der Waals surface area (Å²) < 4.78 is 8.20. The topological polar surface area (TPSA) is 51.8 Å². The molecule has 0 amide bonds. The summed E-state index contributed by atoms with van der Waals surface area (Å²) >= 11 is 1.24. The molecule has 4 heteroatoms. The van der Waals surface area contributed by atoms with Crippen LogP contribution in [-0.4, -0.2) is 8.75 Å². The summed E-state index contributed by atoms with van der Waals surface area (Å²) in [6, 6.07) is -0.0255. The first-order valence-electron chi connectivity index (χ1n) is 3.11. The second-order valence-corrected chi connectivity index (χ2v) is 2.78. The molecule has 0 bridgehead atoms. The molecule has 1 aromatic heterocycles. The number of allylic oxidation sites excluding steroid dienone is 1. The molecular formula is C6H7N3S. The first-order chi connectivity index (χ1) is 4.88. The van der Waals surface area contributed by atoms with E-state index >= 15 is 0 Å². The van der Waals surface area contributed by atoms with Crippen molar-refractivity contribution in [1.82, 2.24) is 8.75 Å². The van der Waals surface area contributed by atoms with Gasteiger partial charge in [0.25, 0.3) is 0 Å². The molecular weight excluding hydrogens is 146 g/mol. The fourth-order valence-electron chi connectivity index (χ4n) is 1.03. The van der Waals surface area contributed by atoms with Crippen molar-refractivity contribution in [2.75, 3.05) is 0 Å². The van der Waals surface area contributed by atoms with Gasteiger partial charge in [0.15, 0.2) is 0 Å². The van der Waals surface area contributed by atoms with E-state index in [1.165, 1.54) is 11.7 Å². The largest absolute Gasteiger partial charge is 0.319 e. The standard InChI is InChI=1S/C6H7N3S/c7-4-2-1-3-5-6(4)9-10-8-5/h1-2,4H,3,7H2. The summed E-state index contributed by atoms with van der Waals surface area (Å²) in [5.74, 6) is 0. The molecule has 1 aromatic rings. The Bertz CT molecular complexity index is 266. The van der Waals surface area contributed by atoms with Crippen molar-refractivity contribution in [3.63, 3.8) is 0 Å². The summed E-state index contributed by atoms with van der Waals surface area (Å²) in [6.07, 6.45) is 4.89. The van der Waals surface area contributed by atoms with Crippen LogP contribution in [0.1, 0.15) is 17.4 Å². The molecule has 0 aliphatic heterocycles. The Kier molecular flexibility index (Phi) is 1.28. The molecule has 2 rings (SSSR count). The Hall–Kier alpha value is -0.740. The number of hydrogen-bond acceptors (Lipinski definition) is 4. The molecule has 0 saturated carbocycles. The summed E-state index contributed by atoms with van der Waals surface area (Å²) in [6.45, 7) is 0. The smallest absolute Gasteiger partial charge is 0.0984 e. The molecule has 1 aliphatic carbocycles. The van der Waals surface area contributed by atoms with Gasteiger partial charge in [-0.1, -0.05) is 12.2 Å². The van der Waals surface area contributed by atoms with Crippen molar-refractivity contribution in [2.45, 2.75) is 12.5 Å². The van der Waals surface area contributed by atoms with Gasteiger partial charge in [-0.15, -0.1) is 0 Å². The monoisotopic (exact) mass is 153 g/mol. The van der Waals surface area contributed by atoms with Crippen molar-refractivity contribution < 1.29 is 0 Å². The average molecular weight is 153 g/mol. The minimum atomic E-state index is -0.0255. The number of fused-ring (bicyclic) bond motifs is 1. The third-order valence-electron chi connectivity index (χ3n) is 1.56. The van der Waals surface area contributed by atoms with Gasteiger partial charge in [0.1, 0.15) is 0 Å². The number of aromatic nitrogens is 2. The van der Waals surface area contributed by atoms with Gasteiger partial charge in [-0.25, -0.2) is 0 Å². The highest BCUT2D eigenvalue weighted by molar-refractivity contribution is 6.99. The number of nitrogens with zero attached hydrogens (tertiary/aromatic N) is 2. The van der Waals surface area contributed by atoms with Gasteiger partial charge in [0.2, 0.25) is 0 Å². The Balaban J connectivity index is 2.48. The molecule has 0 saturated heterocycles. The molecule has 1 heterocycles. The molecule has 1 unspecified atom stereocenters. The van der Waals surface area contributed by atoms with Crippen LogP contribution in [0, 0.1) is 0 Å². The zero-order valence-electron chi connectivity index (χ0n) is 5.32. The lowest BCUT2D eigenvalue weighted by Crippen LogP contribution is -2.12. The maximum atomic E-state index is 5.71. The molecule has 52 valence electrons. The highest BCUT2D eigenvalue weighted by Gasteiger charge is 2.15. The molecule has 0 spiro atoms. The Morgan fingerprint density at radius 1 is 1.60 bits per heavy atom. The van der Waals surface area contributed by atoms with E-state index in [4.69, 9.17) is 5.73 Å². The van der Waals surface area contributed by atoms with Crippen molar-refractivity contribution in [3.8, 4) is 0 Å². The van der Waals surface area contributed by atoms with E-state index in [1.54, 1.807) is 0 Å². The van der Waals surface area contributed by atoms with Crippen LogP contribution in [-0.2, 0) is 6.42 Å². The van der Waals surface area contributed by atoms with Gasteiger partial charge in [-0.05, 0) is 0 Å². The molecule has 1 atom stereocenters. The first kappa shape index (κ1) is 6.00. The molecule has 2 N–H and O–H groups in total. The van der Waals surface area contributed by atoms with Crippen LogP contribution >= 0.6 is 11.7 Å². The minimum absolute atomic E-state index is 0.0255. The van der Waals surface area contributed by atoms with Crippen molar-refractivity contribution in [2.24, 2.45) is 5.73 Å². The zero-order chi connectivity index (χ0) is 6.97. The third kappa shape index (κ3) is 0.767. The van der Waals surface area contributed by atoms with Crippen LogP contribution < -0.4 is 5.73 Å². The van der Waals surface area contributed by atoms with E-state index in [2.05, 4.69) is 8.75 Å². The van der Waals surface area contributed by atoms with E-state index < -0.39 is 0 Å². The van der Waals surface area contributed by atoms with Gasteiger partial charge < -0.3 is 5.73 Å². The molecule has 0 aromatic carbocycles. The molecule has 3 nitrogen and oxygen atoms in total. The highest BCUT2D eigenvalue weighted by atomic mass is 32.1. The molecule has 0 fully saturated rings. The van der Waals surface area contributed by atoms with Crippen LogP contribution in [0.2, 0.25) is 0 Å². The summed E-state index contributed by atoms with van der Waals surface area (Å²) in [7, 11) is 0. The van der Waals surface area contributed by atoms with Crippen molar-refractivity contribution >= 4 is 11.7 Å². The third-order valence-corrected chi connectivity index (χ3v) is 2.14. The van der Waals surface area contributed by atoms with Crippen LogP contribution in [0.4, 0.5) is 0 Å². The molecule has 10 heavy (non-hydrogen) atoms. The maximum absolute atomic E-state index is 5.71. The fourth-order valence-corrected chi connectivity index (χ4v) is 1.65. The first-order valence-corrected chi connectivity index (χ1v) is 3.84. The van der Waals surface area contributed by atoms with Gasteiger partial charge in [-0.2, -0.15) is 8.75 Å². The Morgan fingerprint density at radius 3 is 3.30 bits per heavy atom. The van der Waals surface area contributed by atoms with Crippen LogP contribution in [0.25, 0.3) is 0 Å². The second kappa shape index (κ2) is 2.14. The predicted molar refractivity (Wildman–Crippen MR) is 39.7 cm³/mol. The zero-order valence-corrected chi connectivity index (χ0v) is 6.14. The number of nitrogens with two attached hydrogens (primary N) is 1. The van der Waals surface area contributed by atoms with E-state index in [0.717, 1.165) is 17.8 Å². The maximum Gasteiger partial charge on any atom is 0.0984 e. The van der Waals surface area contributed by atoms with E-state index in [0.29, 0.717) is 0 Å². The molecule has 0 radical (unpaired) electrons. The summed E-state index contributed by atoms with van der Waals surface area (Å²) in [5.41, 5.74) is 7.70. The second-order valence-electron chi connectivity index (χ2n) is 2.25. The lowest BCUT2D eigenvalue weighted by Gasteiger charge is -2.07.